The molecule has 3 nitrogen and oxygen atoms in total. The normalized spacial score (nSPS) is 14.2. The van der Waals surface area contributed by atoms with Crippen LogP contribution in [0.1, 0.15) is 29.7 Å². The first-order chi connectivity index (χ1) is 10.1. The second-order valence-corrected chi connectivity index (χ2v) is 6.40. The lowest BCUT2D eigenvalue weighted by atomic mass is 10.1. The van der Waals surface area contributed by atoms with Crippen LogP contribution in [0.4, 0.5) is 0 Å². The maximum Gasteiger partial charge on any atom is 0.130 e. The van der Waals surface area contributed by atoms with Gasteiger partial charge in [0.15, 0.2) is 0 Å². The van der Waals surface area contributed by atoms with Gasteiger partial charge in [0.2, 0.25) is 0 Å². The summed E-state index contributed by atoms with van der Waals surface area (Å²) in [7, 11) is 0. The SMILES string of the molecule is Cc1cc(Oc2ccnc(CNC3CC3)c2)cc(C)c1Br. The molecule has 1 aromatic heterocycles. The Hall–Kier alpha value is -1.39. The van der Waals surface area contributed by atoms with E-state index in [-0.39, 0.29) is 0 Å². The predicted octanol–water partition coefficient (Wildman–Crippen LogP) is 4.51. The molecule has 4 heteroatoms. The molecule has 1 saturated carbocycles. The van der Waals surface area contributed by atoms with E-state index in [1.54, 1.807) is 6.20 Å². The number of aryl methyl sites for hydroxylation is 2. The van der Waals surface area contributed by atoms with Crippen LogP contribution in [-0.4, -0.2) is 11.0 Å². The number of nitrogens with one attached hydrogen (secondary N) is 1. The number of nitrogens with zero attached hydrogens (tertiary/aromatic N) is 1. The van der Waals surface area contributed by atoms with E-state index in [1.165, 1.54) is 24.0 Å². The zero-order chi connectivity index (χ0) is 14.8. The van der Waals surface area contributed by atoms with Crippen LogP contribution < -0.4 is 10.1 Å². The molecule has 1 fully saturated rings. The quantitative estimate of drug-likeness (QED) is 0.864. The summed E-state index contributed by atoms with van der Waals surface area (Å²) in [5.74, 6) is 1.69. The molecule has 2 aromatic rings. The van der Waals surface area contributed by atoms with Gasteiger partial charge in [-0.05, 0) is 56.0 Å². The Balaban J connectivity index is 1.73. The van der Waals surface area contributed by atoms with Crippen molar-refractivity contribution in [2.75, 3.05) is 0 Å². The van der Waals surface area contributed by atoms with Crippen LogP contribution in [0.15, 0.2) is 34.9 Å². The summed E-state index contributed by atoms with van der Waals surface area (Å²) in [6.45, 7) is 4.95. The Labute approximate surface area is 133 Å². The summed E-state index contributed by atoms with van der Waals surface area (Å²) >= 11 is 3.58. The molecule has 1 aromatic carbocycles. The zero-order valence-electron chi connectivity index (χ0n) is 12.3. The van der Waals surface area contributed by atoms with Crippen molar-refractivity contribution in [1.29, 1.82) is 0 Å². The molecule has 0 aliphatic heterocycles. The standard InChI is InChI=1S/C17H19BrN2O/c1-11-7-16(8-12(2)17(11)18)21-15-5-6-19-14(9-15)10-20-13-3-4-13/h5-9,13,20H,3-4,10H2,1-2H3. The molecule has 0 spiro atoms. The highest BCUT2D eigenvalue weighted by atomic mass is 79.9. The van der Waals surface area contributed by atoms with Crippen LogP contribution >= 0.6 is 15.9 Å². The van der Waals surface area contributed by atoms with Crippen LogP contribution in [0.3, 0.4) is 0 Å². The lowest BCUT2D eigenvalue weighted by molar-refractivity contribution is 0.479. The van der Waals surface area contributed by atoms with Crippen molar-refractivity contribution in [3.8, 4) is 11.5 Å². The Morgan fingerprint density at radius 2 is 1.90 bits per heavy atom. The maximum absolute atomic E-state index is 5.97. The zero-order valence-corrected chi connectivity index (χ0v) is 13.9. The minimum Gasteiger partial charge on any atom is -0.457 e. The summed E-state index contributed by atoms with van der Waals surface area (Å²) in [4.78, 5) is 4.38. The molecule has 0 atom stereocenters. The van der Waals surface area contributed by atoms with Gasteiger partial charge in [0, 0.05) is 29.3 Å². The molecule has 0 amide bonds. The van der Waals surface area contributed by atoms with Gasteiger partial charge in [-0.15, -0.1) is 0 Å². The molecule has 0 unspecified atom stereocenters. The molecule has 0 saturated heterocycles. The van der Waals surface area contributed by atoms with Gasteiger partial charge < -0.3 is 10.1 Å². The van der Waals surface area contributed by atoms with Crippen LogP contribution in [0.2, 0.25) is 0 Å². The van der Waals surface area contributed by atoms with E-state index in [2.05, 4.69) is 40.1 Å². The second-order valence-electron chi connectivity index (χ2n) is 5.61. The highest BCUT2D eigenvalue weighted by molar-refractivity contribution is 9.10. The molecule has 1 aliphatic rings. The molecular formula is C17H19BrN2O. The first-order valence-electron chi connectivity index (χ1n) is 7.25. The number of hydrogen-bond donors (Lipinski definition) is 1. The van der Waals surface area contributed by atoms with Gasteiger partial charge >= 0.3 is 0 Å². The third-order valence-corrected chi connectivity index (χ3v) is 4.83. The molecule has 3 rings (SSSR count). The van der Waals surface area contributed by atoms with Gasteiger partial charge in [0.25, 0.3) is 0 Å². The average molecular weight is 347 g/mol. The van der Waals surface area contributed by atoms with E-state index >= 15 is 0 Å². The summed E-state index contributed by atoms with van der Waals surface area (Å²) in [6, 6.07) is 8.67. The molecule has 21 heavy (non-hydrogen) atoms. The largest absolute Gasteiger partial charge is 0.457 e. The third-order valence-electron chi connectivity index (χ3n) is 3.58. The van der Waals surface area contributed by atoms with Crippen LogP contribution in [0.5, 0.6) is 11.5 Å². The fraction of sp³-hybridized carbons (Fsp3) is 0.353. The van der Waals surface area contributed by atoms with Gasteiger partial charge in [-0.25, -0.2) is 0 Å². The van der Waals surface area contributed by atoms with Crippen molar-refractivity contribution in [3.05, 3.63) is 51.8 Å². The molecule has 1 N–H and O–H groups in total. The van der Waals surface area contributed by atoms with E-state index in [4.69, 9.17) is 4.74 Å². The minimum absolute atomic E-state index is 0.688. The predicted molar refractivity (Wildman–Crippen MR) is 87.8 cm³/mol. The average Bonchev–Trinajstić information content (AvgIpc) is 3.27. The Kier molecular flexibility index (Phi) is 4.27. The Morgan fingerprint density at radius 1 is 1.19 bits per heavy atom. The van der Waals surface area contributed by atoms with Gasteiger partial charge in [-0.1, -0.05) is 15.9 Å². The van der Waals surface area contributed by atoms with Crippen LogP contribution in [-0.2, 0) is 6.54 Å². The number of ether oxygens (including phenoxy) is 1. The van der Waals surface area contributed by atoms with Crippen molar-refractivity contribution in [2.45, 2.75) is 39.3 Å². The van der Waals surface area contributed by atoms with Crippen LogP contribution in [0.25, 0.3) is 0 Å². The van der Waals surface area contributed by atoms with Crippen molar-refractivity contribution >= 4 is 15.9 Å². The first kappa shape index (κ1) is 14.5. The number of aromatic nitrogens is 1. The monoisotopic (exact) mass is 346 g/mol. The second kappa shape index (κ2) is 6.16. The Morgan fingerprint density at radius 3 is 2.57 bits per heavy atom. The third kappa shape index (κ3) is 3.83. The fourth-order valence-corrected chi connectivity index (χ4v) is 2.48. The van der Waals surface area contributed by atoms with Gasteiger partial charge in [0.05, 0.1) is 5.69 Å². The van der Waals surface area contributed by atoms with E-state index in [0.29, 0.717) is 6.04 Å². The number of benzene rings is 1. The number of halogens is 1. The summed E-state index contributed by atoms with van der Waals surface area (Å²) < 4.78 is 7.11. The van der Waals surface area contributed by atoms with Crippen molar-refractivity contribution < 1.29 is 4.74 Å². The molecule has 1 heterocycles. The minimum atomic E-state index is 0.688. The van der Waals surface area contributed by atoms with Gasteiger partial charge in [-0.2, -0.15) is 0 Å². The van der Waals surface area contributed by atoms with E-state index in [0.717, 1.165) is 28.2 Å². The first-order valence-corrected chi connectivity index (χ1v) is 8.04. The van der Waals surface area contributed by atoms with Crippen molar-refractivity contribution in [2.24, 2.45) is 0 Å². The smallest absolute Gasteiger partial charge is 0.130 e. The van der Waals surface area contributed by atoms with E-state index < -0.39 is 0 Å². The van der Waals surface area contributed by atoms with Crippen molar-refractivity contribution in [3.63, 3.8) is 0 Å². The number of hydrogen-bond acceptors (Lipinski definition) is 3. The summed E-state index contributed by atoms with van der Waals surface area (Å²) in [6.07, 6.45) is 4.37. The molecular weight excluding hydrogens is 328 g/mol. The van der Waals surface area contributed by atoms with Gasteiger partial charge in [-0.3, -0.25) is 4.98 Å². The molecule has 0 radical (unpaired) electrons. The highest BCUT2D eigenvalue weighted by Gasteiger charge is 2.20. The molecule has 0 bridgehead atoms. The molecule has 1 aliphatic carbocycles. The lowest BCUT2D eigenvalue weighted by Gasteiger charge is -2.11. The topological polar surface area (TPSA) is 34.1 Å². The maximum atomic E-state index is 5.97. The highest BCUT2D eigenvalue weighted by Crippen LogP contribution is 2.29. The van der Waals surface area contributed by atoms with E-state index in [9.17, 15) is 0 Å². The van der Waals surface area contributed by atoms with Gasteiger partial charge in [0.1, 0.15) is 11.5 Å². The summed E-state index contributed by atoms with van der Waals surface area (Å²) in [5.41, 5.74) is 3.37. The van der Waals surface area contributed by atoms with E-state index in [1.807, 2.05) is 24.3 Å². The fourth-order valence-electron chi connectivity index (χ4n) is 2.25. The van der Waals surface area contributed by atoms with Crippen molar-refractivity contribution in [1.82, 2.24) is 10.3 Å². The number of pyridine rings is 1. The Bertz CT molecular complexity index is 630. The summed E-state index contributed by atoms with van der Waals surface area (Å²) in [5, 5.41) is 3.47. The van der Waals surface area contributed by atoms with Crippen LogP contribution in [0, 0.1) is 13.8 Å². The molecule has 110 valence electrons. The lowest BCUT2D eigenvalue weighted by Crippen LogP contribution is -2.16. The number of rotatable bonds is 5.